The Morgan fingerprint density at radius 1 is 0.939 bits per heavy atom. The Morgan fingerprint density at radius 3 is 2.24 bits per heavy atom. The molecule has 2 aromatic rings. The summed E-state index contributed by atoms with van der Waals surface area (Å²) >= 11 is 7.27. The van der Waals surface area contributed by atoms with Gasteiger partial charge in [0.2, 0.25) is 11.8 Å². The molecule has 3 rings (SSSR count). The van der Waals surface area contributed by atoms with Gasteiger partial charge in [-0.2, -0.15) is 0 Å². The lowest BCUT2D eigenvalue weighted by Crippen LogP contribution is -2.34. The number of aromatic carboxylic acids is 1. The van der Waals surface area contributed by atoms with Gasteiger partial charge in [0.15, 0.2) is 0 Å². The molecule has 0 fully saturated rings. The van der Waals surface area contributed by atoms with Gasteiger partial charge in [0.1, 0.15) is 0 Å². The number of rotatable bonds is 8. The minimum atomic E-state index is -1.12. The van der Waals surface area contributed by atoms with Crippen LogP contribution in [0.15, 0.2) is 59.5 Å². The van der Waals surface area contributed by atoms with E-state index in [4.69, 9.17) is 16.7 Å². The van der Waals surface area contributed by atoms with Crippen LogP contribution in [0.25, 0.3) is 0 Å². The summed E-state index contributed by atoms with van der Waals surface area (Å²) in [5.41, 5.74) is 0.765. The monoisotopic (exact) mass is 488 g/mol. The van der Waals surface area contributed by atoms with Crippen LogP contribution in [0.2, 0.25) is 5.02 Å². The summed E-state index contributed by atoms with van der Waals surface area (Å²) in [5.74, 6) is -4.11. The highest BCUT2D eigenvalue weighted by Crippen LogP contribution is 2.28. The summed E-state index contributed by atoms with van der Waals surface area (Å²) in [4.78, 5) is 48.0. The molecule has 0 radical (unpaired) electrons. The fraction of sp³-hybridized carbons (Fsp3) is 0.217. The van der Waals surface area contributed by atoms with Gasteiger partial charge in [-0.1, -0.05) is 23.8 Å². The number of carbonyl (C=O) groups is 4. The van der Waals surface area contributed by atoms with E-state index in [1.54, 1.807) is 30.3 Å². The number of halogens is 1. The molecule has 172 valence electrons. The molecule has 2 unspecified atom stereocenters. The molecular weight excluding hydrogens is 468 g/mol. The summed E-state index contributed by atoms with van der Waals surface area (Å²) < 4.78 is 0. The molecule has 1 aliphatic rings. The van der Waals surface area contributed by atoms with Gasteiger partial charge in [0.25, 0.3) is 0 Å². The summed E-state index contributed by atoms with van der Waals surface area (Å²) in [7, 11) is 0. The Kier molecular flexibility index (Phi) is 8.13. The van der Waals surface area contributed by atoms with Crippen molar-refractivity contribution in [1.29, 1.82) is 0 Å². The average molecular weight is 489 g/mol. The fourth-order valence-electron chi connectivity index (χ4n) is 3.34. The third-order valence-electron chi connectivity index (χ3n) is 5.07. The number of carboxylic acids is 2. The first-order chi connectivity index (χ1) is 15.7. The zero-order valence-corrected chi connectivity index (χ0v) is 18.9. The van der Waals surface area contributed by atoms with Crippen LogP contribution in [0.3, 0.4) is 0 Å². The van der Waals surface area contributed by atoms with E-state index in [2.05, 4.69) is 10.6 Å². The summed E-state index contributed by atoms with van der Waals surface area (Å²) in [5, 5.41) is 24.0. The van der Waals surface area contributed by atoms with Crippen LogP contribution in [0.1, 0.15) is 23.2 Å². The van der Waals surface area contributed by atoms with Crippen molar-refractivity contribution in [1.82, 2.24) is 0 Å². The molecule has 2 aromatic carbocycles. The molecule has 2 atom stereocenters. The number of anilines is 2. The molecule has 33 heavy (non-hydrogen) atoms. The number of carbonyl (C=O) groups excluding carboxylic acids is 2. The molecule has 0 aromatic heterocycles. The zero-order chi connectivity index (χ0) is 24.0. The Balaban J connectivity index is 1.53. The molecule has 0 bridgehead atoms. The van der Waals surface area contributed by atoms with Crippen molar-refractivity contribution in [3.8, 4) is 0 Å². The van der Waals surface area contributed by atoms with Gasteiger partial charge >= 0.3 is 11.9 Å². The van der Waals surface area contributed by atoms with Crippen molar-refractivity contribution in [2.75, 3.05) is 16.4 Å². The van der Waals surface area contributed by atoms with E-state index in [0.717, 1.165) is 4.90 Å². The molecule has 0 heterocycles. The standard InChI is InChI=1S/C23H21ClN2O6S/c24-18-10-5-13(22(29)30)11-19(18)26-20(27)12-33-15-8-6-14(7-9-15)25-21(28)16-3-1-2-4-17(16)23(31)32/h1-2,5-11,16-17H,3-4,12H2,(H,25,28)(H,26,27)(H,29,30)(H,31,32). The minimum absolute atomic E-state index is 0.0129. The highest BCUT2D eigenvalue weighted by molar-refractivity contribution is 8.00. The molecular formula is C23H21ClN2O6S. The number of benzene rings is 2. The van der Waals surface area contributed by atoms with Crippen molar-refractivity contribution in [2.24, 2.45) is 11.8 Å². The second-order valence-corrected chi connectivity index (χ2v) is 8.80. The lowest BCUT2D eigenvalue weighted by Gasteiger charge is -2.24. The van der Waals surface area contributed by atoms with E-state index in [1.807, 2.05) is 6.08 Å². The van der Waals surface area contributed by atoms with E-state index in [-0.39, 0.29) is 33.8 Å². The number of allylic oxidation sites excluding steroid dienone is 2. The summed E-state index contributed by atoms with van der Waals surface area (Å²) in [6.07, 6.45) is 4.31. The number of amides is 2. The number of nitrogens with one attached hydrogen (secondary N) is 2. The van der Waals surface area contributed by atoms with E-state index in [1.165, 1.54) is 30.0 Å². The Labute approximate surface area is 199 Å². The maximum absolute atomic E-state index is 12.5. The highest BCUT2D eigenvalue weighted by atomic mass is 35.5. The topological polar surface area (TPSA) is 133 Å². The van der Waals surface area contributed by atoms with Crippen LogP contribution < -0.4 is 10.6 Å². The van der Waals surface area contributed by atoms with Crippen LogP contribution in [0.4, 0.5) is 11.4 Å². The van der Waals surface area contributed by atoms with Crippen molar-refractivity contribution in [3.63, 3.8) is 0 Å². The quantitative estimate of drug-likeness (QED) is 0.320. The van der Waals surface area contributed by atoms with Crippen LogP contribution in [0, 0.1) is 11.8 Å². The van der Waals surface area contributed by atoms with Crippen LogP contribution in [0.5, 0.6) is 0 Å². The molecule has 1 aliphatic carbocycles. The summed E-state index contributed by atoms with van der Waals surface area (Å²) in [6.45, 7) is 0. The smallest absolute Gasteiger partial charge is 0.335 e. The summed E-state index contributed by atoms with van der Waals surface area (Å²) in [6, 6.07) is 10.9. The van der Waals surface area contributed by atoms with Crippen molar-refractivity contribution >= 4 is 58.5 Å². The van der Waals surface area contributed by atoms with Gasteiger partial charge in [0.05, 0.1) is 33.9 Å². The lowest BCUT2D eigenvalue weighted by atomic mass is 9.82. The van der Waals surface area contributed by atoms with Gasteiger partial charge in [0, 0.05) is 10.6 Å². The van der Waals surface area contributed by atoms with Crippen LogP contribution in [-0.2, 0) is 14.4 Å². The van der Waals surface area contributed by atoms with E-state index in [9.17, 15) is 24.3 Å². The van der Waals surface area contributed by atoms with Crippen LogP contribution in [-0.4, -0.2) is 39.7 Å². The molecule has 10 heteroatoms. The van der Waals surface area contributed by atoms with Gasteiger partial charge in [-0.05, 0) is 55.3 Å². The van der Waals surface area contributed by atoms with Crippen LogP contribution >= 0.6 is 23.4 Å². The largest absolute Gasteiger partial charge is 0.481 e. The number of hydrogen-bond acceptors (Lipinski definition) is 5. The van der Waals surface area contributed by atoms with E-state index in [0.29, 0.717) is 18.5 Å². The third-order valence-corrected chi connectivity index (χ3v) is 6.41. The Morgan fingerprint density at radius 2 is 1.61 bits per heavy atom. The Bertz CT molecular complexity index is 1100. The molecule has 0 saturated heterocycles. The first-order valence-electron chi connectivity index (χ1n) is 9.99. The second-order valence-electron chi connectivity index (χ2n) is 7.34. The SMILES string of the molecule is O=C(CSc1ccc(NC(=O)C2CC=CCC2C(=O)O)cc1)Nc1cc(C(=O)O)ccc1Cl. The van der Waals surface area contributed by atoms with Gasteiger partial charge in [-0.3, -0.25) is 14.4 Å². The van der Waals surface area contributed by atoms with E-state index >= 15 is 0 Å². The number of carboxylic acid groups (broad SMARTS) is 2. The maximum Gasteiger partial charge on any atom is 0.335 e. The third kappa shape index (κ3) is 6.59. The maximum atomic E-state index is 12.5. The Hall–Kier alpha value is -3.30. The number of thioether (sulfide) groups is 1. The van der Waals surface area contributed by atoms with Gasteiger partial charge in [-0.15, -0.1) is 11.8 Å². The fourth-order valence-corrected chi connectivity index (χ4v) is 4.20. The number of hydrogen-bond donors (Lipinski definition) is 4. The molecule has 0 saturated carbocycles. The minimum Gasteiger partial charge on any atom is -0.481 e. The normalized spacial score (nSPS) is 17.2. The average Bonchev–Trinajstić information content (AvgIpc) is 2.79. The molecule has 0 aliphatic heterocycles. The van der Waals surface area contributed by atoms with Crippen molar-refractivity contribution < 1.29 is 29.4 Å². The zero-order valence-electron chi connectivity index (χ0n) is 17.3. The molecule has 0 spiro atoms. The second kappa shape index (κ2) is 11.0. The van der Waals surface area contributed by atoms with Gasteiger partial charge < -0.3 is 20.8 Å². The highest BCUT2D eigenvalue weighted by Gasteiger charge is 2.33. The first kappa shape index (κ1) is 24.3. The molecule has 4 N–H and O–H groups in total. The van der Waals surface area contributed by atoms with Crippen molar-refractivity contribution in [2.45, 2.75) is 17.7 Å². The number of aliphatic carboxylic acids is 1. The molecule has 8 nitrogen and oxygen atoms in total. The predicted octanol–water partition coefficient (Wildman–Crippen LogP) is 4.37. The lowest BCUT2D eigenvalue weighted by molar-refractivity contribution is -0.146. The first-order valence-corrected chi connectivity index (χ1v) is 11.3. The molecule has 2 amide bonds. The van der Waals surface area contributed by atoms with Crippen molar-refractivity contribution in [3.05, 3.63) is 65.2 Å². The van der Waals surface area contributed by atoms with Gasteiger partial charge in [-0.25, -0.2) is 4.79 Å². The predicted molar refractivity (Wildman–Crippen MR) is 126 cm³/mol. The van der Waals surface area contributed by atoms with E-state index < -0.39 is 23.8 Å².